The Morgan fingerprint density at radius 1 is 1.22 bits per heavy atom. The van der Waals surface area contributed by atoms with Crippen LogP contribution >= 0.6 is 11.3 Å². The Hall–Kier alpha value is -2.08. The molecule has 6 heteroatoms. The summed E-state index contributed by atoms with van der Waals surface area (Å²) >= 11 is 1.79. The van der Waals surface area contributed by atoms with E-state index >= 15 is 0 Å². The maximum absolute atomic E-state index is 4.79. The van der Waals surface area contributed by atoms with Crippen molar-refractivity contribution in [3.63, 3.8) is 0 Å². The van der Waals surface area contributed by atoms with Gasteiger partial charge in [-0.15, -0.1) is 11.3 Å². The number of benzene rings is 1. The van der Waals surface area contributed by atoms with E-state index in [1.165, 1.54) is 10.6 Å². The molecule has 0 unspecified atom stereocenters. The van der Waals surface area contributed by atoms with Crippen LogP contribution in [0.5, 0.6) is 0 Å². The first-order valence-corrected chi connectivity index (χ1v) is 10.7. The highest BCUT2D eigenvalue weighted by molar-refractivity contribution is 7.11. The quantitative estimate of drug-likeness (QED) is 0.590. The molecule has 2 aromatic rings. The van der Waals surface area contributed by atoms with Crippen molar-refractivity contribution < 1.29 is 0 Å². The molecular weight excluding hydrogens is 354 g/mol. The first-order valence-electron chi connectivity index (χ1n) is 9.93. The van der Waals surface area contributed by atoms with Gasteiger partial charge in [0.05, 0.1) is 10.7 Å². The van der Waals surface area contributed by atoms with Gasteiger partial charge in [-0.05, 0) is 45.7 Å². The van der Waals surface area contributed by atoms with Crippen LogP contribution < -0.4 is 15.5 Å². The zero-order valence-corrected chi connectivity index (χ0v) is 17.5. The lowest BCUT2D eigenvalue weighted by atomic mass is 10.0. The van der Waals surface area contributed by atoms with Gasteiger partial charge in [0.15, 0.2) is 5.96 Å². The second-order valence-electron chi connectivity index (χ2n) is 6.99. The summed E-state index contributed by atoms with van der Waals surface area (Å²) in [6, 6.07) is 11.2. The number of para-hydroxylation sites is 1. The van der Waals surface area contributed by atoms with Gasteiger partial charge in [-0.2, -0.15) is 0 Å². The number of hydrogen-bond donors (Lipinski definition) is 2. The predicted molar refractivity (Wildman–Crippen MR) is 116 cm³/mol. The molecule has 3 rings (SSSR count). The molecule has 1 aliphatic heterocycles. The highest BCUT2D eigenvalue weighted by Gasteiger charge is 2.20. The summed E-state index contributed by atoms with van der Waals surface area (Å²) in [6.45, 7) is 10.1. The number of aromatic nitrogens is 1. The van der Waals surface area contributed by atoms with Crippen LogP contribution in [0, 0.1) is 13.8 Å². The van der Waals surface area contributed by atoms with Crippen molar-refractivity contribution in [1.29, 1.82) is 0 Å². The molecule has 1 aliphatic rings. The van der Waals surface area contributed by atoms with Gasteiger partial charge in [-0.3, -0.25) is 4.99 Å². The Morgan fingerprint density at radius 3 is 2.59 bits per heavy atom. The highest BCUT2D eigenvalue weighted by Crippen LogP contribution is 2.20. The van der Waals surface area contributed by atoms with E-state index in [-0.39, 0.29) is 0 Å². The molecule has 0 saturated carbocycles. The lowest BCUT2D eigenvalue weighted by Gasteiger charge is -2.34. The van der Waals surface area contributed by atoms with Crippen LogP contribution in [0.25, 0.3) is 0 Å². The van der Waals surface area contributed by atoms with Crippen molar-refractivity contribution in [3.8, 4) is 0 Å². The molecule has 146 valence electrons. The second-order valence-corrected chi connectivity index (χ2v) is 8.28. The highest BCUT2D eigenvalue weighted by atomic mass is 32.1. The molecule has 1 fully saturated rings. The van der Waals surface area contributed by atoms with E-state index in [9.17, 15) is 0 Å². The Labute approximate surface area is 166 Å². The standard InChI is InChI=1S/C21H31N5S/c1-4-22-21(23-13-10-20-16(2)24-17(3)27-20)25-18-11-14-26(15-12-18)19-8-6-5-7-9-19/h5-9,18H,4,10-15H2,1-3H3,(H2,22,23,25). The summed E-state index contributed by atoms with van der Waals surface area (Å²) in [5, 5.41) is 8.17. The topological polar surface area (TPSA) is 52.6 Å². The third kappa shape index (κ3) is 5.70. The number of thiazole rings is 1. The Bertz CT molecular complexity index is 732. The number of nitrogens with one attached hydrogen (secondary N) is 2. The Kier molecular flexibility index (Phi) is 7.10. The number of aliphatic imine (C=N–C) groups is 1. The summed E-state index contributed by atoms with van der Waals surface area (Å²) in [4.78, 5) is 13.1. The van der Waals surface area contributed by atoms with Crippen molar-refractivity contribution in [1.82, 2.24) is 15.6 Å². The van der Waals surface area contributed by atoms with Crippen molar-refractivity contribution in [3.05, 3.63) is 45.9 Å². The lowest BCUT2D eigenvalue weighted by molar-refractivity contribution is 0.461. The summed E-state index contributed by atoms with van der Waals surface area (Å²) in [5.74, 6) is 0.939. The van der Waals surface area contributed by atoms with Crippen LogP contribution in [-0.4, -0.2) is 43.2 Å². The van der Waals surface area contributed by atoms with Crippen molar-refractivity contribution in [2.24, 2.45) is 4.99 Å². The summed E-state index contributed by atoms with van der Waals surface area (Å²) in [6.07, 6.45) is 3.22. The molecule has 0 spiro atoms. The van der Waals surface area contributed by atoms with Gasteiger partial charge >= 0.3 is 0 Å². The van der Waals surface area contributed by atoms with E-state index < -0.39 is 0 Å². The van der Waals surface area contributed by atoms with Crippen LogP contribution in [0.4, 0.5) is 5.69 Å². The smallest absolute Gasteiger partial charge is 0.191 e. The van der Waals surface area contributed by atoms with Gasteiger partial charge < -0.3 is 15.5 Å². The first kappa shape index (κ1) is 19.7. The molecule has 0 atom stereocenters. The maximum atomic E-state index is 4.79. The van der Waals surface area contributed by atoms with Crippen LogP contribution in [0.2, 0.25) is 0 Å². The molecule has 2 N–H and O–H groups in total. The molecular formula is C21H31N5S. The molecule has 2 heterocycles. The number of rotatable bonds is 6. The molecule has 0 bridgehead atoms. The van der Waals surface area contributed by atoms with E-state index in [1.807, 2.05) is 0 Å². The number of nitrogens with zero attached hydrogens (tertiary/aromatic N) is 3. The average Bonchev–Trinajstić information content (AvgIpc) is 3.00. The molecule has 0 amide bonds. The summed E-state index contributed by atoms with van der Waals surface area (Å²) in [7, 11) is 0. The van der Waals surface area contributed by atoms with Crippen molar-refractivity contribution >= 4 is 23.0 Å². The SMILES string of the molecule is CCNC(=NCCc1sc(C)nc1C)NC1CCN(c2ccccc2)CC1. The van der Waals surface area contributed by atoms with E-state index in [2.05, 4.69) is 71.6 Å². The zero-order chi connectivity index (χ0) is 19.1. The van der Waals surface area contributed by atoms with Crippen LogP contribution in [0.15, 0.2) is 35.3 Å². The third-order valence-electron chi connectivity index (χ3n) is 4.91. The first-order chi connectivity index (χ1) is 13.2. The summed E-state index contributed by atoms with van der Waals surface area (Å²) < 4.78 is 0. The molecule has 0 aliphatic carbocycles. The molecule has 1 aromatic heterocycles. The number of anilines is 1. The van der Waals surface area contributed by atoms with E-state index in [4.69, 9.17) is 4.99 Å². The largest absolute Gasteiger partial charge is 0.371 e. The Morgan fingerprint density at radius 2 is 1.96 bits per heavy atom. The monoisotopic (exact) mass is 385 g/mol. The molecule has 27 heavy (non-hydrogen) atoms. The lowest BCUT2D eigenvalue weighted by Crippen LogP contribution is -2.48. The molecule has 1 aromatic carbocycles. The minimum Gasteiger partial charge on any atom is -0.371 e. The van der Waals surface area contributed by atoms with Gasteiger partial charge in [0.2, 0.25) is 0 Å². The normalized spacial score (nSPS) is 15.8. The number of hydrogen-bond acceptors (Lipinski definition) is 4. The minimum atomic E-state index is 0.482. The van der Waals surface area contributed by atoms with E-state index in [0.29, 0.717) is 6.04 Å². The zero-order valence-electron chi connectivity index (χ0n) is 16.7. The average molecular weight is 386 g/mol. The van der Waals surface area contributed by atoms with Crippen LogP contribution in [0.1, 0.15) is 35.3 Å². The fraction of sp³-hybridized carbons (Fsp3) is 0.524. The Balaban J connectivity index is 1.50. The van der Waals surface area contributed by atoms with E-state index in [0.717, 1.165) is 62.1 Å². The fourth-order valence-corrected chi connectivity index (χ4v) is 4.43. The van der Waals surface area contributed by atoms with E-state index in [1.54, 1.807) is 11.3 Å². The van der Waals surface area contributed by atoms with Crippen LogP contribution in [0.3, 0.4) is 0 Å². The van der Waals surface area contributed by atoms with Gasteiger partial charge in [0.1, 0.15) is 0 Å². The third-order valence-corrected chi connectivity index (χ3v) is 6.04. The number of piperidine rings is 1. The molecule has 5 nitrogen and oxygen atoms in total. The number of guanidine groups is 1. The van der Waals surface area contributed by atoms with Gasteiger partial charge in [-0.25, -0.2) is 4.98 Å². The van der Waals surface area contributed by atoms with Crippen molar-refractivity contribution in [2.45, 2.75) is 46.1 Å². The maximum Gasteiger partial charge on any atom is 0.191 e. The van der Waals surface area contributed by atoms with Gasteiger partial charge in [-0.1, -0.05) is 18.2 Å². The molecule has 0 radical (unpaired) electrons. The molecule has 1 saturated heterocycles. The van der Waals surface area contributed by atoms with Crippen LogP contribution in [-0.2, 0) is 6.42 Å². The fourth-order valence-electron chi connectivity index (χ4n) is 3.51. The second kappa shape index (κ2) is 9.74. The number of aryl methyl sites for hydroxylation is 2. The van der Waals surface area contributed by atoms with Gasteiger partial charge in [0, 0.05) is 49.2 Å². The predicted octanol–water partition coefficient (Wildman–Crippen LogP) is 3.53. The van der Waals surface area contributed by atoms with Gasteiger partial charge in [0.25, 0.3) is 0 Å². The summed E-state index contributed by atoms with van der Waals surface area (Å²) in [5.41, 5.74) is 2.48. The van der Waals surface area contributed by atoms with Crippen molar-refractivity contribution in [2.75, 3.05) is 31.1 Å². The minimum absolute atomic E-state index is 0.482.